The Hall–Kier alpha value is -2.77. The van der Waals surface area contributed by atoms with Gasteiger partial charge in [0.1, 0.15) is 5.82 Å². The minimum absolute atomic E-state index is 0.304. The molecule has 1 fully saturated rings. The maximum absolute atomic E-state index is 13.2. The average Bonchev–Trinajstić information content (AvgIpc) is 2.99. The third kappa shape index (κ3) is 15.1. The maximum Gasteiger partial charge on any atom is 0.171 e. The lowest BCUT2D eigenvalue weighted by Gasteiger charge is -2.37. The van der Waals surface area contributed by atoms with Crippen molar-refractivity contribution in [1.82, 2.24) is 16.0 Å². The molecule has 1 aliphatic heterocycles. The van der Waals surface area contributed by atoms with E-state index in [0.29, 0.717) is 16.8 Å². The lowest BCUT2D eigenvalue weighted by atomic mass is 9.69. The standard InChI is InChI=1S/C17H20FN5.C12H24.C3H9N.C2H6/c1-3-4-10-21-16(14-9-11-22-17(19)23-14)15(20-2)12-5-7-13(18)8-6-12;1-4-10-12(2,3)11-8-6-5-7-9-11;1-3-4-2;1-2/h4-11,17,21,23H,2-3,19H2,1H3;11H,4-10H2,1-3H3;4H,3H2,1-2H3;1-2H3/b10-4-,16-15-;;;. The Bertz CT molecular complexity index is 938. The fourth-order valence-corrected chi connectivity index (χ4v) is 4.80. The molecule has 5 N–H and O–H groups in total. The van der Waals surface area contributed by atoms with E-state index in [1.807, 2.05) is 40.1 Å². The van der Waals surface area contributed by atoms with E-state index in [-0.39, 0.29) is 5.82 Å². The minimum Gasteiger partial charge on any atom is -0.359 e. The van der Waals surface area contributed by atoms with E-state index in [0.717, 1.165) is 30.1 Å². The quantitative estimate of drug-likeness (QED) is 0.214. The summed E-state index contributed by atoms with van der Waals surface area (Å²) in [5.74, 6) is 0.716. The molecule has 1 aromatic rings. The molecule has 1 unspecified atom stereocenters. The largest absolute Gasteiger partial charge is 0.359 e. The third-order valence-electron chi connectivity index (χ3n) is 7.11. The Morgan fingerprint density at radius 3 is 2.24 bits per heavy atom. The number of aliphatic imine (C=N–C) groups is 2. The Kier molecular flexibility index (Phi) is 21.3. The third-order valence-corrected chi connectivity index (χ3v) is 7.11. The molecule has 1 saturated carbocycles. The number of allylic oxidation sites excluding steroid dienone is 2. The molecule has 0 saturated heterocycles. The van der Waals surface area contributed by atoms with E-state index < -0.39 is 6.29 Å². The van der Waals surface area contributed by atoms with Crippen molar-refractivity contribution in [1.29, 1.82) is 0 Å². The van der Waals surface area contributed by atoms with Gasteiger partial charge in [0.2, 0.25) is 0 Å². The van der Waals surface area contributed by atoms with Crippen molar-refractivity contribution >= 4 is 18.6 Å². The SMILES string of the molecule is C=N/C(=C(\N/C=C\CC)C1=CC=NC(N)N1)c1ccc(F)cc1.CC.CCCC(C)(C)C1CCCCC1.CCNC. The topological polar surface area (TPSA) is 86.8 Å². The number of hydrogen-bond donors (Lipinski definition) is 4. The molecule has 0 radical (unpaired) electrons. The van der Waals surface area contributed by atoms with E-state index in [2.05, 4.69) is 60.3 Å². The first-order chi connectivity index (χ1) is 19.7. The number of nitrogens with one attached hydrogen (secondary N) is 3. The summed E-state index contributed by atoms with van der Waals surface area (Å²) in [6, 6.07) is 6.08. The number of nitrogens with two attached hydrogens (primary N) is 1. The number of halogens is 1. The van der Waals surface area contributed by atoms with Gasteiger partial charge in [-0.15, -0.1) is 0 Å². The van der Waals surface area contributed by atoms with Gasteiger partial charge in [-0.3, -0.25) is 15.7 Å². The predicted octanol–water partition coefficient (Wildman–Crippen LogP) is 8.15. The number of nitrogens with zero attached hydrogens (tertiary/aromatic N) is 2. The first-order valence-corrected chi connectivity index (χ1v) is 15.5. The van der Waals surface area contributed by atoms with Crippen molar-refractivity contribution in [3.8, 4) is 0 Å². The highest BCUT2D eigenvalue weighted by molar-refractivity contribution is 5.79. The number of rotatable bonds is 10. The van der Waals surface area contributed by atoms with Crippen molar-refractivity contribution < 1.29 is 4.39 Å². The van der Waals surface area contributed by atoms with Gasteiger partial charge in [0.25, 0.3) is 0 Å². The van der Waals surface area contributed by atoms with Crippen LogP contribution in [0.15, 0.2) is 64.0 Å². The van der Waals surface area contributed by atoms with Crippen LogP contribution in [0.4, 0.5) is 4.39 Å². The van der Waals surface area contributed by atoms with Gasteiger partial charge in [0, 0.05) is 11.8 Å². The highest BCUT2D eigenvalue weighted by atomic mass is 19.1. The summed E-state index contributed by atoms with van der Waals surface area (Å²) >= 11 is 0. The zero-order valence-corrected chi connectivity index (χ0v) is 27.2. The summed E-state index contributed by atoms with van der Waals surface area (Å²) in [6.07, 6.45) is 17.8. The maximum atomic E-state index is 13.2. The van der Waals surface area contributed by atoms with Crippen LogP contribution >= 0.6 is 0 Å². The summed E-state index contributed by atoms with van der Waals surface area (Å²) in [5, 5.41) is 9.19. The molecule has 7 heteroatoms. The predicted molar refractivity (Wildman–Crippen MR) is 179 cm³/mol. The molecule has 0 bridgehead atoms. The van der Waals surface area contributed by atoms with E-state index >= 15 is 0 Å². The zero-order valence-electron chi connectivity index (χ0n) is 27.2. The van der Waals surface area contributed by atoms with Gasteiger partial charge in [-0.05, 0) is 93.9 Å². The molecule has 2 aliphatic rings. The molecule has 1 aromatic carbocycles. The lowest BCUT2D eigenvalue weighted by molar-refractivity contribution is 0.145. The molecule has 0 spiro atoms. The monoisotopic (exact) mass is 570 g/mol. The van der Waals surface area contributed by atoms with Gasteiger partial charge in [0.15, 0.2) is 6.29 Å². The second kappa shape index (κ2) is 22.9. The number of benzene rings is 1. The van der Waals surface area contributed by atoms with Crippen LogP contribution in [-0.2, 0) is 0 Å². The van der Waals surface area contributed by atoms with Crippen LogP contribution in [0.25, 0.3) is 5.70 Å². The minimum atomic E-state index is -0.527. The van der Waals surface area contributed by atoms with Crippen LogP contribution in [0, 0.1) is 17.2 Å². The summed E-state index contributed by atoms with van der Waals surface area (Å²) in [7, 11) is 1.93. The highest BCUT2D eigenvalue weighted by Gasteiger charge is 2.29. The summed E-state index contributed by atoms with van der Waals surface area (Å²) in [5.41, 5.74) is 9.19. The first-order valence-electron chi connectivity index (χ1n) is 15.5. The molecule has 1 aliphatic carbocycles. The van der Waals surface area contributed by atoms with Crippen molar-refractivity contribution in [3.05, 3.63) is 65.4 Å². The molecule has 1 atom stereocenters. The van der Waals surface area contributed by atoms with Crippen LogP contribution in [-0.4, -0.2) is 32.8 Å². The summed E-state index contributed by atoms with van der Waals surface area (Å²) in [4.78, 5) is 8.14. The zero-order chi connectivity index (χ0) is 31.1. The first kappa shape index (κ1) is 38.2. The van der Waals surface area contributed by atoms with Gasteiger partial charge >= 0.3 is 0 Å². The van der Waals surface area contributed by atoms with Gasteiger partial charge in [-0.2, -0.15) is 0 Å². The molecular formula is C34H59FN6. The average molecular weight is 571 g/mol. The number of hydrogen-bond acceptors (Lipinski definition) is 6. The fraction of sp³-hybridized carbons (Fsp3) is 0.588. The lowest BCUT2D eigenvalue weighted by Crippen LogP contribution is -2.39. The Morgan fingerprint density at radius 1 is 1.15 bits per heavy atom. The van der Waals surface area contributed by atoms with Crippen LogP contribution < -0.4 is 21.7 Å². The molecule has 0 aromatic heterocycles. The van der Waals surface area contributed by atoms with Gasteiger partial charge < -0.3 is 16.0 Å². The molecule has 0 amide bonds. The molecule has 1 heterocycles. The van der Waals surface area contributed by atoms with Crippen LogP contribution in [0.5, 0.6) is 0 Å². The van der Waals surface area contributed by atoms with Crippen LogP contribution in [0.2, 0.25) is 0 Å². The second-order valence-corrected chi connectivity index (χ2v) is 10.6. The summed E-state index contributed by atoms with van der Waals surface area (Å²) < 4.78 is 13.2. The summed E-state index contributed by atoms with van der Waals surface area (Å²) in [6.45, 7) is 20.1. The van der Waals surface area contributed by atoms with Crippen molar-refractivity contribution in [2.75, 3.05) is 13.6 Å². The van der Waals surface area contributed by atoms with E-state index in [1.54, 1.807) is 24.4 Å². The van der Waals surface area contributed by atoms with Crippen molar-refractivity contribution in [2.45, 2.75) is 106 Å². The second-order valence-electron chi connectivity index (χ2n) is 10.6. The normalized spacial score (nSPS) is 17.3. The van der Waals surface area contributed by atoms with Crippen molar-refractivity contribution in [2.24, 2.45) is 27.1 Å². The van der Waals surface area contributed by atoms with Crippen molar-refractivity contribution in [3.63, 3.8) is 0 Å². The fourth-order valence-electron chi connectivity index (χ4n) is 4.80. The Balaban J connectivity index is 0.000000742. The molecule has 232 valence electrons. The van der Waals surface area contributed by atoms with E-state index in [9.17, 15) is 4.39 Å². The van der Waals surface area contributed by atoms with E-state index in [1.165, 1.54) is 57.1 Å². The molecule has 41 heavy (non-hydrogen) atoms. The van der Waals surface area contributed by atoms with Gasteiger partial charge in [-0.1, -0.05) is 80.2 Å². The van der Waals surface area contributed by atoms with Gasteiger partial charge in [-0.25, -0.2) is 4.39 Å². The van der Waals surface area contributed by atoms with Gasteiger partial charge in [0.05, 0.1) is 17.1 Å². The Labute approximate surface area is 251 Å². The molecule has 6 nitrogen and oxygen atoms in total. The Morgan fingerprint density at radius 2 is 1.76 bits per heavy atom. The van der Waals surface area contributed by atoms with Crippen LogP contribution in [0.3, 0.4) is 0 Å². The molecular weight excluding hydrogens is 511 g/mol. The highest BCUT2D eigenvalue weighted by Crippen LogP contribution is 2.41. The van der Waals surface area contributed by atoms with E-state index in [4.69, 9.17) is 5.73 Å². The van der Waals surface area contributed by atoms with Crippen LogP contribution in [0.1, 0.15) is 105 Å². The smallest absolute Gasteiger partial charge is 0.171 e. The molecule has 3 rings (SSSR count).